The average molecular weight is 615 g/mol. The predicted octanol–water partition coefficient (Wildman–Crippen LogP) is 8.32. The van der Waals surface area contributed by atoms with E-state index in [4.69, 9.17) is 21.3 Å². The summed E-state index contributed by atoms with van der Waals surface area (Å²) in [6.45, 7) is 2.21. The fourth-order valence-electron chi connectivity index (χ4n) is 5.31. The number of nitrogens with one attached hydrogen (secondary N) is 1. The topological polar surface area (TPSA) is 71.1 Å². The van der Waals surface area contributed by atoms with Gasteiger partial charge in [0.25, 0.3) is 5.91 Å². The molecular formula is C30H23ClF4N4O2S. The van der Waals surface area contributed by atoms with Gasteiger partial charge in [-0.25, -0.2) is 14.4 Å². The molecule has 0 spiro atoms. The number of hydrogen-bond donors (Lipinski definition) is 1. The molecule has 1 aliphatic rings. The van der Waals surface area contributed by atoms with Crippen LogP contribution in [0.25, 0.3) is 32.0 Å². The third-order valence-electron chi connectivity index (χ3n) is 7.53. The van der Waals surface area contributed by atoms with Crippen LogP contribution in [-0.2, 0) is 11.7 Å². The minimum absolute atomic E-state index is 0.170. The van der Waals surface area contributed by atoms with Crippen LogP contribution in [0.15, 0.2) is 60.7 Å². The number of ether oxygens (including phenoxy) is 1. The highest BCUT2D eigenvalue weighted by Crippen LogP contribution is 2.43. The Balaban J connectivity index is 1.43. The van der Waals surface area contributed by atoms with Gasteiger partial charge in [0.15, 0.2) is 0 Å². The standard InChI is InChI=1S/C30H23ClF4N4O2S/c1-29(28-36-22-14-20(30(33,34)35)21(31)15-23(22)37-28)11-4-12-39(29)27(40)24-25(16-7-9-18(32)10-8-16)42-26(38-24)17-5-3-6-19(13-17)41-2/h3,5-10,13-15H,4,11-12H2,1-2H3,(H,36,37). The number of thiazole rings is 1. The minimum Gasteiger partial charge on any atom is -0.497 e. The summed E-state index contributed by atoms with van der Waals surface area (Å²) in [5.74, 6) is 0.208. The number of carbonyl (C=O) groups is 1. The number of H-pyrrole nitrogens is 1. The zero-order valence-electron chi connectivity index (χ0n) is 22.4. The number of alkyl halides is 3. The van der Waals surface area contributed by atoms with Gasteiger partial charge in [-0.05, 0) is 61.7 Å². The lowest BCUT2D eigenvalue weighted by molar-refractivity contribution is -0.137. The summed E-state index contributed by atoms with van der Waals surface area (Å²) in [7, 11) is 1.56. The zero-order chi connectivity index (χ0) is 29.8. The van der Waals surface area contributed by atoms with Crippen LogP contribution in [0.1, 0.15) is 41.6 Å². The Labute approximate surface area is 246 Å². The molecule has 2 aromatic heterocycles. The Morgan fingerprint density at radius 1 is 1.10 bits per heavy atom. The summed E-state index contributed by atoms with van der Waals surface area (Å²) in [6, 6.07) is 15.3. The lowest BCUT2D eigenvalue weighted by atomic mass is 9.97. The second-order valence-electron chi connectivity index (χ2n) is 10.2. The molecule has 1 aliphatic heterocycles. The Morgan fingerprint density at radius 3 is 2.57 bits per heavy atom. The molecule has 1 amide bonds. The number of carbonyl (C=O) groups excluding carboxylic acids is 1. The molecule has 0 bridgehead atoms. The van der Waals surface area contributed by atoms with E-state index < -0.39 is 28.1 Å². The number of fused-ring (bicyclic) bond motifs is 1. The molecule has 1 saturated heterocycles. The number of aromatic amines is 1. The van der Waals surface area contributed by atoms with E-state index in [2.05, 4.69) is 9.97 Å². The number of nitrogens with zero attached hydrogens (tertiary/aromatic N) is 3. The van der Waals surface area contributed by atoms with E-state index in [1.165, 1.54) is 29.5 Å². The molecule has 0 saturated carbocycles. The van der Waals surface area contributed by atoms with Gasteiger partial charge in [0.05, 0.1) is 39.1 Å². The van der Waals surface area contributed by atoms with E-state index in [1.54, 1.807) is 30.2 Å². The molecule has 1 unspecified atom stereocenters. The van der Waals surface area contributed by atoms with Crippen molar-refractivity contribution < 1.29 is 27.1 Å². The molecule has 1 fully saturated rings. The van der Waals surface area contributed by atoms with Crippen LogP contribution in [0.4, 0.5) is 17.6 Å². The Hall–Kier alpha value is -3.96. The van der Waals surface area contributed by atoms with Crippen LogP contribution in [0.5, 0.6) is 5.75 Å². The van der Waals surface area contributed by atoms with E-state index in [0.29, 0.717) is 46.4 Å². The van der Waals surface area contributed by atoms with Crippen molar-refractivity contribution in [2.75, 3.05) is 13.7 Å². The SMILES string of the molecule is COc1cccc(-c2nc(C(=O)N3CCCC3(C)c3nc4cc(Cl)c(C(F)(F)F)cc4[nH]3)c(-c3ccc(F)cc3)s2)c1. The molecule has 0 aliphatic carbocycles. The van der Waals surface area contributed by atoms with Crippen molar-refractivity contribution >= 4 is 39.9 Å². The summed E-state index contributed by atoms with van der Waals surface area (Å²) < 4.78 is 59.6. The van der Waals surface area contributed by atoms with Crippen LogP contribution in [0.2, 0.25) is 5.02 Å². The van der Waals surface area contributed by atoms with E-state index in [1.807, 2.05) is 25.1 Å². The Bertz CT molecular complexity index is 1820. The molecule has 42 heavy (non-hydrogen) atoms. The van der Waals surface area contributed by atoms with E-state index in [9.17, 15) is 22.4 Å². The maximum Gasteiger partial charge on any atom is 0.417 e. The third-order valence-corrected chi connectivity index (χ3v) is 8.99. The second kappa shape index (κ2) is 10.4. The first-order valence-corrected chi connectivity index (χ1v) is 14.2. The Kier molecular flexibility index (Phi) is 6.97. The summed E-state index contributed by atoms with van der Waals surface area (Å²) in [6.07, 6.45) is -3.46. The van der Waals surface area contributed by atoms with Crippen molar-refractivity contribution in [1.29, 1.82) is 0 Å². The highest BCUT2D eigenvalue weighted by molar-refractivity contribution is 7.18. The predicted molar refractivity (Wildman–Crippen MR) is 153 cm³/mol. The first-order valence-electron chi connectivity index (χ1n) is 13.0. The normalized spacial score (nSPS) is 17.3. The number of likely N-dealkylation sites (tertiary alicyclic amines) is 1. The van der Waals surface area contributed by atoms with Gasteiger partial charge in [-0.2, -0.15) is 13.2 Å². The Morgan fingerprint density at radius 2 is 1.86 bits per heavy atom. The number of benzene rings is 3. The number of aromatic nitrogens is 3. The number of amides is 1. The molecule has 6 nitrogen and oxygen atoms in total. The summed E-state index contributed by atoms with van der Waals surface area (Å²) in [4.78, 5) is 28.8. The maximum atomic E-state index is 14.3. The van der Waals surface area contributed by atoms with Crippen molar-refractivity contribution in [2.24, 2.45) is 0 Å². The molecule has 3 aromatic carbocycles. The van der Waals surface area contributed by atoms with E-state index in [-0.39, 0.29) is 22.6 Å². The molecule has 5 aromatic rings. The van der Waals surface area contributed by atoms with Crippen LogP contribution < -0.4 is 4.74 Å². The van der Waals surface area contributed by atoms with Crippen LogP contribution in [0.3, 0.4) is 0 Å². The van der Waals surface area contributed by atoms with Crippen molar-refractivity contribution in [3.05, 3.63) is 88.6 Å². The highest BCUT2D eigenvalue weighted by Gasteiger charge is 2.45. The fraction of sp³-hybridized carbons (Fsp3) is 0.233. The number of hydrogen-bond acceptors (Lipinski definition) is 5. The number of imidazole rings is 1. The highest BCUT2D eigenvalue weighted by atomic mass is 35.5. The van der Waals surface area contributed by atoms with Gasteiger partial charge in [0, 0.05) is 12.1 Å². The van der Waals surface area contributed by atoms with Gasteiger partial charge in [0.1, 0.15) is 28.1 Å². The number of halogens is 5. The minimum atomic E-state index is -4.63. The zero-order valence-corrected chi connectivity index (χ0v) is 23.9. The van der Waals surface area contributed by atoms with E-state index >= 15 is 0 Å². The first-order chi connectivity index (χ1) is 20.0. The van der Waals surface area contributed by atoms with Crippen molar-refractivity contribution in [3.63, 3.8) is 0 Å². The molecule has 6 rings (SSSR count). The maximum absolute atomic E-state index is 14.3. The van der Waals surface area contributed by atoms with Crippen molar-refractivity contribution in [2.45, 2.75) is 31.5 Å². The monoisotopic (exact) mass is 614 g/mol. The molecule has 0 radical (unpaired) electrons. The summed E-state index contributed by atoms with van der Waals surface area (Å²) in [5, 5.41) is 0.129. The summed E-state index contributed by atoms with van der Waals surface area (Å²) in [5.41, 5.74) is 0.0865. The quantitative estimate of drug-likeness (QED) is 0.202. The lowest BCUT2D eigenvalue weighted by Gasteiger charge is -2.33. The van der Waals surface area contributed by atoms with Crippen LogP contribution in [0, 0.1) is 5.82 Å². The largest absolute Gasteiger partial charge is 0.497 e. The van der Waals surface area contributed by atoms with Gasteiger partial charge in [0.2, 0.25) is 0 Å². The number of rotatable bonds is 5. The van der Waals surface area contributed by atoms with Crippen LogP contribution in [-0.4, -0.2) is 39.4 Å². The van der Waals surface area contributed by atoms with Gasteiger partial charge < -0.3 is 14.6 Å². The smallest absolute Gasteiger partial charge is 0.417 e. The van der Waals surface area contributed by atoms with Gasteiger partial charge in [-0.3, -0.25) is 4.79 Å². The molecular weight excluding hydrogens is 592 g/mol. The lowest BCUT2D eigenvalue weighted by Crippen LogP contribution is -2.44. The average Bonchev–Trinajstić information content (AvgIpc) is 3.69. The van der Waals surface area contributed by atoms with Crippen LogP contribution >= 0.6 is 22.9 Å². The fourth-order valence-corrected chi connectivity index (χ4v) is 6.63. The van der Waals surface area contributed by atoms with E-state index in [0.717, 1.165) is 11.6 Å². The second-order valence-corrected chi connectivity index (χ2v) is 11.6. The van der Waals surface area contributed by atoms with Gasteiger partial charge in [-0.1, -0.05) is 35.9 Å². The van der Waals surface area contributed by atoms with Gasteiger partial charge in [-0.15, -0.1) is 11.3 Å². The first kappa shape index (κ1) is 28.2. The van der Waals surface area contributed by atoms with Crippen molar-refractivity contribution in [3.8, 4) is 26.8 Å². The summed E-state index contributed by atoms with van der Waals surface area (Å²) >= 11 is 7.23. The van der Waals surface area contributed by atoms with Gasteiger partial charge >= 0.3 is 6.18 Å². The molecule has 1 N–H and O–H groups in total. The molecule has 12 heteroatoms. The molecule has 1 atom stereocenters. The molecule has 3 heterocycles. The number of methoxy groups -OCH3 is 1. The van der Waals surface area contributed by atoms with Crippen molar-refractivity contribution in [1.82, 2.24) is 19.9 Å². The third kappa shape index (κ3) is 4.90. The molecule has 216 valence electrons.